The average Bonchev–Trinajstić information content (AvgIpc) is 1.98. The van der Waals surface area contributed by atoms with Crippen molar-refractivity contribution in [1.82, 2.24) is 0 Å². The Kier molecular flexibility index (Phi) is 3.14. The van der Waals surface area contributed by atoms with Gasteiger partial charge in [-0.3, -0.25) is 4.79 Å². The van der Waals surface area contributed by atoms with Gasteiger partial charge in [0.2, 0.25) is 0 Å². The Morgan fingerprint density at radius 2 is 1.73 bits per heavy atom. The number of aliphatic hydroxyl groups is 1. The van der Waals surface area contributed by atoms with Gasteiger partial charge in [-0.1, -0.05) is 12.8 Å². The standard InChI is InChI=1S/C9H14O2/c10-7-8-5-3-1-2-4-6-9(8)11/h7,10H,1-6H2/b8-7-. The summed E-state index contributed by atoms with van der Waals surface area (Å²) in [6, 6.07) is 0. The van der Waals surface area contributed by atoms with Gasteiger partial charge in [0.15, 0.2) is 5.78 Å². The molecule has 1 rings (SSSR count). The normalized spacial score (nSPS) is 24.7. The van der Waals surface area contributed by atoms with Crippen LogP contribution in [-0.4, -0.2) is 10.9 Å². The first-order chi connectivity index (χ1) is 5.34. The molecular formula is C9H14O2. The van der Waals surface area contributed by atoms with Gasteiger partial charge in [0, 0.05) is 12.0 Å². The molecule has 2 heteroatoms. The lowest BCUT2D eigenvalue weighted by atomic mass is 9.96. The lowest BCUT2D eigenvalue weighted by molar-refractivity contribution is -0.116. The summed E-state index contributed by atoms with van der Waals surface area (Å²) in [5.74, 6) is 0.132. The Morgan fingerprint density at radius 3 is 2.36 bits per heavy atom. The van der Waals surface area contributed by atoms with Crippen LogP contribution in [0.15, 0.2) is 11.8 Å². The van der Waals surface area contributed by atoms with Crippen LogP contribution < -0.4 is 0 Å². The first-order valence-corrected chi connectivity index (χ1v) is 4.21. The molecule has 1 N–H and O–H groups in total. The Hall–Kier alpha value is -0.790. The third kappa shape index (κ3) is 2.37. The predicted octanol–water partition coefficient (Wildman–Crippen LogP) is 2.35. The topological polar surface area (TPSA) is 37.3 Å². The Morgan fingerprint density at radius 1 is 1.09 bits per heavy atom. The quantitative estimate of drug-likeness (QED) is 0.429. The van der Waals surface area contributed by atoms with Crippen LogP contribution in [0.1, 0.15) is 38.5 Å². The first kappa shape index (κ1) is 8.31. The molecular weight excluding hydrogens is 140 g/mol. The van der Waals surface area contributed by atoms with Gasteiger partial charge >= 0.3 is 0 Å². The maximum Gasteiger partial charge on any atom is 0.161 e. The van der Waals surface area contributed by atoms with E-state index in [4.69, 9.17) is 5.11 Å². The van der Waals surface area contributed by atoms with Crippen molar-refractivity contribution in [3.05, 3.63) is 11.8 Å². The molecule has 0 atom stereocenters. The molecule has 0 amide bonds. The van der Waals surface area contributed by atoms with Crippen molar-refractivity contribution in [2.45, 2.75) is 38.5 Å². The Bertz CT molecular complexity index is 170. The second-order valence-corrected chi connectivity index (χ2v) is 2.99. The molecule has 1 fully saturated rings. The van der Waals surface area contributed by atoms with E-state index in [0.717, 1.165) is 31.9 Å². The summed E-state index contributed by atoms with van der Waals surface area (Å²) >= 11 is 0. The minimum absolute atomic E-state index is 0.132. The van der Waals surface area contributed by atoms with Crippen molar-refractivity contribution in [3.8, 4) is 0 Å². The van der Waals surface area contributed by atoms with Gasteiger partial charge in [-0.05, 0) is 19.3 Å². The highest BCUT2D eigenvalue weighted by molar-refractivity contribution is 5.94. The van der Waals surface area contributed by atoms with Crippen molar-refractivity contribution in [1.29, 1.82) is 0 Å². The summed E-state index contributed by atoms with van der Waals surface area (Å²) < 4.78 is 0. The number of hydrogen-bond donors (Lipinski definition) is 1. The van der Waals surface area contributed by atoms with Crippen LogP contribution in [0, 0.1) is 0 Å². The summed E-state index contributed by atoms with van der Waals surface area (Å²) in [6.07, 6.45) is 6.72. The molecule has 1 saturated carbocycles. The largest absolute Gasteiger partial charge is 0.515 e. The van der Waals surface area contributed by atoms with Gasteiger partial charge in [0.1, 0.15) is 0 Å². The lowest BCUT2D eigenvalue weighted by Crippen LogP contribution is -2.05. The van der Waals surface area contributed by atoms with Crippen molar-refractivity contribution in [2.24, 2.45) is 0 Å². The van der Waals surface area contributed by atoms with E-state index >= 15 is 0 Å². The van der Waals surface area contributed by atoms with Crippen LogP contribution in [0.2, 0.25) is 0 Å². The lowest BCUT2D eigenvalue weighted by Gasteiger charge is -2.08. The number of rotatable bonds is 0. The monoisotopic (exact) mass is 154 g/mol. The van der Waals surface area contributed by atoms with Crippen molar-refractivity contribution < 1.29 is 9.90 Å². The van der Waals surface area contributed by atoms with E-state index < -0.39 is 0 Å². The van der Waals surface area contributed by atoms with Gasteiger partial charge in [-0.15, -0.1) is 0 Å². The molecule has 0 radical (unpaired) electrons. The average molecular weight is 154 g/mol. The highest BCUT2D eigenvalue weighted by Crippen LogP contribution is 2.17. The van der Waals surface area contributed by atoms with E-state index in [1.54, 1.807) is 0 Å². The van der Waals surface area contributed by atoms with Gasteiger partial charge in [-0.2, -0.15) is 0 Å². The minimum atomic E-state index is 0.132. The molecule has 62 valence electrons. The van der Waals surface area contributed by atoms with Crippen molar-refractivity contribution in [3.63, 3.8) is 0 Å². The fourth-order valence-corrected chi connectivity index (χ4v) is 1.39. The molecule has 0 aromatic rings. The van der Waals surface area contributed by atoms with Crippen LogP contribution in [-0.2, 0) is 4.79 Å². The summed E-state index contributed by atoms with van der Waals surface area (Å²) in [7, 11) is 0. The number of Topliss-reactive ketones (excluding diaryl/α,β-unsaturated/α-hetero) is 1. The number of hydrogen-bond acceptors (Lipinski definition) is 2. The van der Waals surface area contributed by atoms with Gasteiger partial charge in [-0.25, -0.2) is 0 Å². The SMILES string of the molecule is O=C1CCCCCC/C1=C/O. The number of carbonyl (C=O) groups is 1. The Balaban J connectivity index is 2.53. The number of allylic oxidation sites excluding steroid dienone is 1. The summed E-state index contributed by atoms with van der Waals surface area (Å²) in [4.78, 5) is 11.2. The molecule has 2 nitrogen and oxygen atoms in total. The molecule has 0 spiro atoms. The summed E-state index contributed by atoms with van der Waals surface area (Å²) in [5, 5.41) is 8.70. The van der Waals surface area contributed by atoms with Crippen LogP contribution in [0.5, 0.6) is 0 Å². The van der Waals surface area contributed by atoms with Crippen LogP contribution in [0.25, 0.3) is 0 Å². The van der Waals surface area contributed by atoms with E-state index in [2.05, 4.69) is 0 Å². The zero-order chi connectivity index (χ0) is 8.10. The molecule has 0 unspecified atom stereocenters. The van der Waals surface area contributed by atoms with Crippen LogP contribution >= 0.6 is 0 Å². The molecule has 0 aliphatic heterocycles. The van der Waals surface area contributed by atoms with E-state index in [1.165, 1.54) is 6.42 Å². The summed E-state index contributed by atoms with van der Waals surface area (Å²) in [5.41, 5.74) is 0.615. The number of carbonyl (C=O) groups excluding carboxylic acids is 1. The smallest absolute Gasteiger partial charge is 0.161 e. The number of ketones is 1. The Labute approximate surface area is 66.9 Å². The molecule has 0 heterocycles. The van der Waals surface area contributed by atoms with E-state index in [0.29, 0.717) is 12.0 Å². The second kappa shape index (κ2) is 4.16. The zero-order valence-electron chi connectivity index (χ0n) is 6.68. The second-order valence-electron chi connectivity index (χ2n) is 2.99. The maximum atomic E-state index is 11.2. The van der Waals surface area contributed by atoms with Gasteiger partial charge in [0.25, 0.3) is 0 Å². The van der Waals surface area contributed by atoms with Gasteiger partial charge < -0.3 is 5.11 Å². The third-order valence-electron chi connectivity index (χ3n) is 2.11. The fourth-order valence-electron chi connectivity index (χ4n) is 1.39. The van der Waals surface area contributed by atoms with Crippen LogP contribution in [0.4, 0.5) is 0 Å². The number of aliphatic hydroxyl groups excluding tert-OH is 1. The third-order valence-corrected chi connectivity index (χ3v) is 2.11. The van der Waals surface area contributed by atoms with E-state index in [1.807, 2.05) is 0 Å². The van der Waals surface area contributed by atoms with Crippen molar-refractivity contribution in [2.75, 3.05) is 0 Å². The van der Waals surface area contributed by atoms with Crippen LogP contribution in [0.3, 0.4) is 0 Å². The van der Waals surface area contributed by atoms with Crippen molar-refractivity contribution >= 4 is 5.78 Å². The fraction of sp³-hybridized carbons (Fsp3) is 0.667. The van der Waals surface area contributed by atoms with E-state index in [-0.39, 0.29) is 5.78 Å². The van der Waals surface area contributed by atoms with E-state index in [9.17, 15) is 4.79 Å². The highest BCUT2D eigenvalue weighted by Gasteiger charge is 2.11. The van der Waals surface area contributed by atoms with Gasteiger partial charge in [0.05, 0.1) is 6.26 Å². The maximum absolute atomic E-state index is 11.2. The molecule has 1 aliphatic carbocycles. The molecule has 11 heavy (non-hydrogen) atoms. The summed E-state index contributed by atoms with van der Waals surface area (Å²) in [6.45, 7) is 0. The molecule has 0 aromatic heterocycles. The molecule has 1 aliphatic rings. The minimum Gasteiger partial charge on any atom is -0.515 e. The first-order valence-electron chi connectivity index (χ1n) is 4.21. The molecule has 0 bridgehead atoms. The molecule has 0 saturated heterocycles. The zero-order valence-corrected chi connectivity index (χ0v) is 6.68. The molecule has 0 aromatic carbocycles. The predicted molar refractivity (Wildman–Crippen MR) is 43.4 cm³/mol. The highest BCUT2D eigenvalue weighted by atomic mass is 16.2.